The number of carbonyl (C=O) groups excluding carboxylic acids is 3. The molecule has 4 rings (SSSR count). The van der Waals surface area contributed by atoms with Crippen molar-refractivity contribution in [2.24, 2.45) is 0 Å². The molecule has 1 saturated heterocycles. The zero-order valence-electron chi connectivity index (χ0n) is 14.7. The van der Waals surface area contributed by atoms with Crippen LogP contribution in [-0.4, -0.2) is 44.0 Å². The molecule has 1 aromatic heterocycles. The number of carbonyl (C=O) groups is 3. The highest BCUT2D eigenvalue weighted by Gasteiger charge is 2.53. The van der Waals surface area contributed by atoms with Crippen molar-refractivity contribution >= 4 is 46.9 Å². The molecule has 2 atom stereocenters. The average Bonchev–Trinajstić information content (AvgIpc) is 2.72. The van der Waals surface area contributed by atoms with Gasteiger partial charge < -0.3 is 5.32 Å². The Morgan fingerprint density at radius 3 is 2.61 bits per heavy atom. The summed E-state index contributed by atoms with van der Waals surface area (Å²) in [6, 6.07) is 14.1. The first-order valence-electron chi connectivity index (χ1n) is 8.72. The topological polar surface area (TPSA) is 79.4 Å². The molecule has 28 heavy (non-hydrogen) atoms. The number of rotatable bonds is 5. The summed E-state index contributed by atoms with van der Waals surface area (Å²) in [4.78, 5) is 43.0. The summed E-state index contributed by atoms with van der Waals surface area (Å²) in [6.45, 7) is 0. The highest BCUT2D eigenvalue weighted by atomic mass is 32.2. The molecule has 0 saturated carbocycles. The van der Waals surface area contributed by atoms with Crippen LogP contribution in [0.1, 0.15) is 11.3 Å². The van der Waals surface area contributed by atoms with Gasteiger partial charge in [-0.3, -0.25) is 24.3 Å². The monoisotopic (exact) mass is 411 g/mol. The molecule has 1 aromatic carbocycles. The lowest BCUT2D eigenvalue weighted by Crippen LogP contribution is -2.70. The number of amides is 2. The first-order valence-corrected chi connectivity index (χ1v) is 10.2. The second-order valence-electron chi connectivity index (χ2n) is 6.46. The lowest BCUT2D eigenvalue weighted by molar-refractivity contribution is -0.146. The van der Waals surface area contributed by atoms with Crippen molar-refractivity contribution in [3.05, 3.63) is 71.7 Å². The first-order chi connectivity index (χ1) is 13.6. The summed E-state index contributed by atoms with van der Waals surface area (Å²) >= 11 is 5.48. The third-order valence-corrected chi connectivity index (χ3v) is 6.16. The van der Waals surface area contributed by atoms with Crippen LogP contribution in [0.2, 0.25) is 0 Å². The van der Waals surface area contributed by atoms with E-state index in [9.17, 15) is 14.4 Å². The summed E-state index contributed by atoms with van der Waals surface area (Å²) in [5.41, 5.74) is 2.47. The lowest BCUT2D eigenvalue weighted by Gasteiger charge is -2.49. The maximum Gasteiger partial charge on any atom is 0.253 e. The molecule has 8 heteroatoms. The number of thiol groups is 1. The van der Waals surface area contributed by atoms with Crippen molar-refractivity contribution in [3.63, 3.8) is 0 Å². The Labute approximate surface area is 171 Å². The Balaban J connectivity index is 1.52. The number of thioether (sulfide) groups is 1. The van der Waals surface area contributed by atoms with E-state index in [4.69, 9.17) is 0 Å². The lowest BCUT2D eigenvalue weighted by atomic mass is 10.0. The van der Waals surface area contributed by atoms with Gasteiger partial charge in [-0.25, -0.2) is 0 Å². The Bertz CT molecular complexity index is 963. The van der Waals surface area contributed by atoms with Crippen molar-refractivity contribution in [1.82, 2.24) is 15.2 Å². The third kappa shape index (κ3) is 3.45. The van der Waals surface area contributed by atoms with E-state index >= 15 is 0 Å². The van der Waals surface area contributed by atoms with E-state index in [1.54, 1.807) is 18.3 Å². The Morgan fingerprint density at radius 1 is 1.18 bits per heavy atom. The minimum Gasteiger partial charge on any atom is -0.341 e. The van der Waals surface area contributed by atoms with E-state index in [1.165, 1.54) is 16.7 Å². The smallest absolute Gasteiger partial charge is 0.253 e. The molecule has 2 aromatic rings. The maximum absolute atomic E-state index is 12.7. The number of pyridine rings is 1. The van der Waals surface area contributed by atoms with Crippen LogP contribution in [0.3, 0.4) is 0 Å². The van der Waals surface area contributed by atoms with Gasteiger partial charge in [0.25, 0.3) is 5.91 Å². The van der Waals surface area contributed by atoms with E-state index < -0.39 is 11.2 Å². The minimum absolute atomic E-state index is 0.204. The SMILES string of the molecule is O=C(Cc1ccccc1)N[C@@H]1C(=O)N2C(C(=O)S)=C(c3ccccn3)CS[C@H]12. The average molecular weight is 412 g/mol. The molecule has 0 radical (unpaired) electrons. The molecule has 1 N–H and O–H groups in total. The van der Waals surface area contributed by atoms with Crippen LogP contribution in [0.4, 0.5) is 0 Å². The van der Waals surface area contributed by atoms with Crippen molar-refractivity contribution in [2.45, 2.75) is 17.8 Å². The van der Waals surface area contributed by atoms with E-state index in [1.807, 2.05) is 36.4 Å². The van der Waals surface area contributed by atoms with Gasteiger partial charge in [-0.05, 0) is 17.7 Å². The van der Waals surface area contributed by atoms with E-state index in [0.29, 0.717) is 17.0 Å². The van der Waals surface area contributed by atoms with Gasteiger partial charge in [0.05, 0.1) is 12.1 Å². The highest BCUT2D eigenvalue weighted by Crippen LogP contribution is 2.43. The predicted molar refractivity (Wildman–Crippen MR) is 110 cm³/mol. The second-order valence-corrected chi connectivity index (χ2v) is 7.98. The van der Waals surface area contributed by atoms with Gasteiger partial charge in [0.2, 0.25) is 11.0 Å². The van der Waals surface area contributed by atoms with E-state index in [0.717, 1.165) is 5.56 Å². The molecule has 3 heterocycles. The van der Waals surface area contributed by atoms with Crippen molar-refractivity contribution in [1.29, 1.82) is 0 Å². The molecule has 0 spiro atoms. The number of nitrogens with one attached hydrogen (secondary N) is 1. The van der Waals surface area contributed by atoms with Gasteiger partial charge in [0.1, 0.15) is 17.1 Å². The van der Waals surface area contributed by atoms with Crippen LogP contribution >= 0.6 is 24.4 Å². The molecular weight excluding hydrogens is 394 g/mol. The fourth-order valence-corrected chi connectivity index (χ4v) is 4.96. The van der Waals surface area contributed by atoms with Crippen LogP contribution < -0.4 is 5.32 Å². The van der Waals surface area contributed by atoms with Crippen molar-refractivity contribution in [2.75, 3.05) is 5.75 Å². The Morgan fingerprint density at radius 2 is 1.93 bits per heavy atom. The fourth-order valence-electron chi connectivity index (χ4n) is 3.36. The zero-order valence-corrected chi connectivity index (χ0v) is 16.5. The molecule has 0 bridgehead atoms. The molecule has 6 nitrogen and oxygen atoms in total. The van der Waals surface area contributed by atoms with Gasteiger partial charge in [-0.2, -0.15) is 0 Å². The van der Waals surface area contributed by atoms with Crippen molar-refractivity contribution < 1.29 is 14.4 Å². The number of hydrogen-bond donors (Lipinski definition) is 2. The van der Waals surface area contributed by atoms with Gasteiger partial charge in [0, 0.05) is 17.5 Å². The third-order valence-electron chi connectivity index (χ3n) is 4.67. The summed E-state index contributed by atoms with van der Waals surface area (Å²) < 4.78 is 0. The summed E-state index contributed by atoms with van der Waals surface area (Å²) in [5.74, 6) is -0.00878. The summed E-state index contributed by atoms with van der Waals surface area (Å²) in [5, 5.41) is 2.01. The molecule has 0 aliphatic carbocycles. The summed E-state index contributed by atoms with van der Waals surface area (Å²) in [7, 11) is 0. The van der Waals surface area contributed by atoms with Gasteiger partial charge in [-0.15, -0.1) is 11.8 Å². The van der Waals surface area contributed by atoms with Crippen LogP contribution in [0.15, 0.2) is 60.4 Å². The van der Waals surface area contributed by atoms with E-state index in [-0.39, 0.29) is 29.3 Å². The second kappa shape index (κ2) is 7.81. The predicted octanol–water partition coefficient (Wildman–Crippen LogP) is 1.89. The molecule has 2 amide bonds. The van der Waals surface area contributed by atoms with Crippen LogP contribution in [0.25, 0.3) is 5.57 Å². The van der Waals surface area contributed by atoms with Crippen molar-refractivity contribution in [3.8, 4) is 0 Å². The molecule has 1 fully saturated rings. The normalized spacial score (nSPS) is 21.0. The number of β-lactam (4-membered cyclic amide) rings is 1. The van der Waals surface area contributed by atoms with Gasteiger partial charge in [-0.1, -0.05) is 49.0 Å². The highest BCUT2D eigenvalue weighted by molar-refractivity contribution is 8.00. The largest absolute Gasteiger partial charge is 0.341 e. The minimum atomic E-state index is -0.644. The van der Waals surface area contributed by atoms with Crippen LogP contribution in [0.5, 0.6) is 0 Å². The Hall–Kier alpha value is -2.58. The van der Waals surface area contributed by atoms with Crippen LogP contribution in [0, 0.1) is 0 Å². The van der Waals surface area contributed by atoms with Gasteiger partial charge in [0.15, 0.2) is 0 Å². The Kier molecular flexibility index (Phi) is 5.23. The first kappa shape index (κ1) is 18.8. The van der Waals surface area contributed by atoms with E-state index in [2.05, 4.69) is 22.9 Å². The molecule has 2 aliphatic rings. The molecule has 0 unspecified atom stereocenters. The number of fused-ring (bicyclic) bond motifs is 1. The quantitative estimate of drug-likeness (QED) is 0.580. The van der Waals surface area contributed by atoms with Gasteiger partial charge >= 0.3 is 0 Å². The zero-order chi connectivity index (χ0) is 19.7. The molecule has 142 valence electrons. The maximum atomic E-state index is 12.7. The summed E-state index contributed by atoms with van der Waals surface area (Å²) in [6.07, 6.45) is 1.85. The number of aromatic nitrogens is 1. The van der Waals surface area contributed by atoms with Crippen LogP contribution in [-0.2, 0) is 20.8 Å². The fraction of sp³-hybridized carbons (Fsp3) is 0.200. The molecule has 2 aliphatic heterocycles. The number of hydrogen-bond acceptors (Lipinski definition) is 5. The standard InChI is InChI=1S/C20H17N3O3S2/c24-15(10-12-6-2-1-3-7-12)22-16-18(25)23-17(20(26)27)13(11-28-19(16)23)14-8-4-5-9-21-14/h1-9,16,19H,10-11H2,(H,22,24)(H,26,27)/t16-,19-/m1/s1. The number of benzene rings is 1. The number of nitrogens with zero attached hydrogens (tertiary/aromatic N) is 2. The molecular formula is C20H17N3O3S2.